The molecule has 0 spiro atoms. The van der Waals surface area contributed by atoms with Crippen LogP contribution in [-0.4, -0.2) is 23.9 Å². The molecule has 0 aromatic rings. The molecule has 2 heteroatoms. The normalized spacial score (nSPS) is 21.0. The molecule has 0 atom stereocenters. The molecule has 0 radical (unpaired) electrons. The minimum atomic E-state index is -0.398. The van der Waals surface area contributed by atoms with Gasteiger partial charge in [0.15, 0.2) is 0 Å². The molecule has 0 saturated carbocycles. The summed E-state index contributed by atoms with van der Waals surface area (Å²) in [6, 6.07) is 0. The van der Waals surface area contributed by atoms with E-state index in [1.165, 1.54) is 32.1 Å². The van der Waals surface area contributed by atoms with Gasteiger partial charge in [0, 0.05) is 13.2 Å². The molecule has 2 nitrogen and oxygen atoms in total. The maximum Gasteiger partial charge on any atom is 0.0691 e. The molecule has 0 aromatic heterocycles. The predicted octanol–water partition coefficient (Wildman–Crippen LogP) is 2.89. The van der Waals surface area contributed by atoms with Gasteiger partial charge in [-0.2, -0.15) is 0 Å². The number of hydrogen-bond donors (Lipinski definition) is 1. The van der Waals surface area contributed by atoms with Crippen LogP contribution in [0.1, 0.15) is 58.3 Å². The minimum Gasteiger partial charge on any atom is -0.390 e. The van der Waals surface area contributed by atoms with Crippen molar-refractivity contribution in [3.05, 3.63) is 0 Å². The smallest absolute Gasteiger partial charge is 0.0691 e. The summed E-state index contributed by atoms with van der Waals surface area (Å²) in [5.41, 5.74) is -0.398. The van der Waals surface area contributed by atoms with E-state index >= 15 is 0 Å². The van der Waals surface area contributed by atoms with Crippen molar-refractivity contribution in [1.82, 2.24) is 0 Å². The number of rotatable bonds is 6. The van der Waals surface area contributed by atoms with E-state index in [0.29, 0.717) is 0 Å². The summed E-state index contributed by atoms with van der Waals surface area (Å²) in [6.45, 7) is 3.71. The zero-order valence-corrected chi connectivity index (χ0v) is 9.43. The van der Waals surface area contributed by atoms with Crippen molar-refractivity contribution in [2.24, 2.45) is 0 Å². The van der Waals surface area contributed by atoms with E-state index in [1.807, 2.05) is 0 Å². The average Bonchev–Trinajstić information content (AvgIpc) is 2.18. The number of ether oxygens (including phenoxy) is 1. The Bertz CT molecular complexity index is 139. The maximum absolute atomic E-state index is 10.1. The SMILES string of the molecule is CCCCCCCC1(O)CCOCC1. The molecule has 0 bridgehead atoms. The van der Waals surface area contributed by atoms with Crippen LogP contribution in [0, 0.1) is 0 Å². The first-order valence-electron chi connectivity index (χ1n) is 6.07. The van der Waals surface area contributed by atoms with Crippen molar-refractivity contribution in [2.75, 3.05) is 13.2 Å². The summed E-state index contributed by atoms with van der Waals surface area (Å²) in [5.74, 6) is 0. The van der Waals surface area contributed by atoms with Gasteiger partial charge < -0.3 is 9.84 Å². The average molecular weight is 200 g/mol. The van der Waals surface area contributed by atoms with E-state index in [9.17, 15) is 5.11 Å². The predicted molar refractivity (Wildman–Crippen MR) is 58.4 cm³/mol. The molecule has 1 fully saturated rings. The molecule has 0 amide bonds. The van der Waals surface area contributed by atoms with E-state index in [4.69, 9.17) is 4.74 Å². The molecule has 1 aliphatic rings. The van der Waals surface area contributed by atoms with Gasteiger partial charge in [-0.05, 0) is 19.3 Å². The Morgan fingerprint density at radius 3 is 2.36 bits per heavy atom. The minimum absolute atomic E-state index is 0.398. The molecule has 1 heterocycles. The van der Waals surface area contributed by atoms with Gasteiger partial charge in [-0.1, -0.05) is 39.0 Å². The Morgan fingerprint density at radius 2 is 1.71 bits per heavy atom. The second-order valence-corrected chi connectivity index (χ2v) is 4.50. The first-order chi connectivity index (χ1) is 6.77. The first kappa shape index (κ1) is 12.0. The van der Waals surface area contributed by atoms with Crippen molar-refractivity contribution in [2.45, 2.75) is 63.9 Å². The highest BCUT2D eigenvalue weighted by Crippen LogP contribution is 2.26. The van der Waals surface area contributed by atoms with Crippen LogP contribution in [0.25, 0.3) is 0 Å². The second kappa shape index (κ2) is 6.41. The Kier molecular flexibility index (Phi) is 5.49. The zero-order chi connectivity index (χ0) is 10.3. The van der Waals surface area contributed by atoms with E-state index < -0.39 is 5.60 Å². The van der Waals surface area contributed by atoms with Crippen molar-refractivity contribution < 1.29 is 9.84 Å². The highest BCUT2D eigenvalue weighted by molar-refractivity contribution is 4.80. The second-order valence-electron chi connectivity index (χ2n) is 4.50. The number of aliphatic hydroxyl groups is 1. The van der Waals surface area contributed by atoms with Crippen LogP contribution in [0.3, 0.4) is 0 Å². The standard InChI is InChI=1S/C12H24O2/c1-2-3-4-5-6-7-12(13)8-10-14-11-9-12/h13H,2-11H2,1H3. The summed E-state index contributed by atoms with van der Waals surface area (Å²) >= 11 is 0. The van der Waals surface area contributed by atoms with Gasteiger partial charge in [-0.25, -0.2) is 0 Å². The van der Waals surface area contributed by atoms with Crippen molar-refractivity contribution in [3.63, 3.8) is 0 Å². The molecular weight excluding hydrogens is 176 g/mol. The lowest BCUT2D eigenvalue weighted by atomic mass is 9.88. The zero-order valence-electron chi connectivity index (χ0n) is 9.43. The number of hydrogen-bond acceptors (Lipinski definition) is 2. The fraction of sp³-hybridized carbons (Fsp3) is 1.00. The molecular formula is C12H24O2. The monoisotopic (exact) mass is 200 g/mol. The van der Waals surface area contributed by atoms with Crippen LogP contribution in [0.4, 0.5) is 0 Å². The maximum atomic E-state index is 10.1. The fourth-order valence-corrected chi connectivity index (χ4v) is 2.06. The van der Waals surface area contributed by atoms with Crippen molar-refractivity contribution in [1.29, 1.82) is 0 Å². The molecule has 1 N–H and O–H groups in total. The summed E-state index contributed by atoms with van der Waals surface area (Å²) in [6.07, 6.45) is 9.04. The molecule has 0 aromatic carbocycles. The van der Waals surface area contributed by atoms with Crippen LogP contribution < -0.4 is 0 Å². The summed E-state index contributed by atoms with van der Waals surface area (Å²) in [5, 5.41) is 10.1. The molecule has 1 saturated heterocycles. The van der Waals surface area contributed by atoms with Crippen LogP contribution in [0.2, 0.25) is 0 Å². The molecule has 0 unspecified atom stereocenters. The first-order valence-corrected chi connectivity index (χ1v) is 6.07. The van der Waals surface area contributed by atoms with Gasteiger partial charge in [-0.3, -0.25) is 0 Å². The van der Waals surface area contributed by atoms with E-state index in [0.717, 1.165) is 32.5 Å². The molecule has 84 valence electrons. The van der Waals surface area contributed by atoms with Crippen LogP contribution in [-0.2, 0) is 4.74 Å². The largest absolute Gasteiger partial charge is 0.390 e. The van der Waals surface area contributed by atoms with Crippen LogP contribution in [0.15, 0.2) is 0 Å². The van der Waals surface area contributed by atoms with E-state index in [1.54, 1.807) is 0 Å². The van der Waals surface area contributed by atoms with Gasteiger partial charge in [-0.15, -0.1) is 0 Å². The summed E-state index contributed by atoms with van der Waals surface area (Å²) < 4.78 is 5.25. The third-order valence-electron chi connectivity index (χ3n) is 3.17. The summed E-state index contributed by atoms with van der Waals surface area (Å²) in [7, 11) is 0. The van der Waals surface area contributed by atoms with E-state index in [-0.39, 0.29) is 0 Å². The quantitative estimate of drug-likeness (QED) is 0.668. The van der Waals surface area contributed by atoms with Gasteiger partial charge in [0.05, 0.1) is 5.60 Å². The highest BCUT2D eigenvalue weighted by atomic mass is 16.5. The third kappa shape index (κ3) is 4.43. The Balaban J connectivity index is 2.03. The Labute approximate surface area is 87.7 Å². The van der Waals surface area contributed by atoms with Crippen LogP contribution >= 0.6 is 0 Å². The highest BCUT2D eigenvalue weighted by Gasteiger charge is 2.28. The fourth-order valence-electron chi connectivity index (χ4n) is 2.06. The van der Waals surface area contributed by atoms with Gasteiger partial charge in [0.25, 0.3) is 0 Å². The lowest BCUT2D eigenvalue weighted by Crippen LogP contribution is -2.35. The van der Waals surface area contributed by atoms with Crippen molar-refractivity contribution >= 4 is 0 Å². The molecule has 0 aliphatic carbocycles. The third-order valence-corrected chi connectivity index (χ3v) is 3.17. The topological polar surface area (TPSA) is 29.5 Å². The molecule has 1 aliphatic heterocycles. The lowest BCUT2D eigenvalue weighted by Gasteiger charge is -2.32. The summed E-state index contributed by atoms with van der Waals surface area (Å²) in [4.78, 5) is 0. The Hall–Kier alpha value is -0.0800. The number of unbranched alkanes of at least 4 members (excludes halogenated alkanes) is 4. The van der Waals surface area contributed by atoms with E-state index in [2.05, 4.69) is 6.92 Å². The molecule has 14 heavy (non-hydrogen) atoms. The Morgan fingerprint density at radius 1 is 1.07 bits per heavy atom. The van der Waals surface area contributed by atoms with Gasteiger partial charge >= 0.3 is 0 Å². The van der Waals surface area contributed by atoms with Gasteiger partial charge in [0.2, 0.25) is 0 Å². The lowest BCUT2D eigenvalue weighted by molar-refractivity contribution is -0.0690. The van der Waals surface area contributed by atoms with Gasteiger partial charge in [0.1, 0.15) is 0 Å². The molecule has 1 rings (SSSR count). The van der Waals surface area contributed by atoms with Crippen LogP contribution in [0.5, 0.6) is 0 Å². The van der Waals surface area contributed by atoms with Crippen molar-refractivity contribution in [3.8, 4) is 0 Å².